The van der Waals surface area contributed by atoms with E-state index in [0.717, 1.165) is 17.9 Å². The Morgan fingerprint density at radius 2 is 1.08 bits per heavy atom. The van der Waals surface area contributed by atoms with Gasteiger partial charge in [0.15, 0.2) is 0 Å². The van der Waals surface area contributed by atoms with Crippen molar-refractivity contribution in [1.29, 1.82) is 0 Å². The molecule has 0 radical (unpaired) electrons. The number of likely N-dealkylation sites (tertiary alicyclic amines) is 2. The predicted octanol–water partition coefficient (Wildman–Crippen LogP) is 5.53. The van der Waals surface area contributed by atoms with Gasteiger partial charge in [0.25, 0.3) is 0 Å². The molecule has 2 saturated heterocycles. The van der Waals surface area contributed by atoms with E-state index in [1.165, 1.54) is 39.0 Å². The van der Waals surface area contributed by atoms with Crippen molar-refractivity contribution in [2.24, 2.45) is 22.7 Å². The van der Waals surface area contributed by atoms with Crippen molar-refractivity contribution in [2.45, 2.75) is 94.2 Å². The first-order chi connectivity index (χ1) is 10.8. The number of rotatable bonds is 2. The molecule has 24 heavy (non-hydrogen) atoms. The molecule has 2 atom stereocenters. The molecule has 0 N–H and O–H groups in total. The van der Waals surface area contributed by atoms with Gasteiger partial charge < -0.3 is 4.90 Å². The monoisotopic (exact) mass is 338 g/mol. The molecule has 0 aliphatic carbocycles. The van der Waals surface area contributed by atoms with Crippen LogP contribution in [0.25, 0.3) is 0 Å². The molecule has 2 aliphatic rings. The molecule has 0 spiro atoms. The second-order valence-corrected chi connectivity index (χ2v) is 11.0. The molecule has 2 unspecified atom stereocenters. The first kappa shape index (κ1) is 22.0. The van der Waals surface area contributed by atoms with Crippen LogP contribution in [0.5, 0.6) is 0 Å². The fraction of sp³-hybridized carbons (Fsp3) is 1.00. The molecule has 0 aromatic rings. The smallest absolute Gasteiger partial charge is 0.00390 e. The molecular formula is C22H46N2. The number of piperidine rings is 2. The Hall–Kier alpha value is -0.0800. The van der Waals surface area contributed by atoms with Crippen LogP contribution in [-0.2, 0) is 0 Å². The molecule has 0 saturated carbocycles. The fourth-order valence-electron chi connectivity index (χ4n) is 5.06. The van der Waals surface area contributed by atoms with E-state index in [4.69, 9.17) is 0 Å². The molecule has 0 bridgehead atoms. The third-order valence-corrected chi connectivity index (χ3v) is 5.58. The first-order valence-corrected chi connectivity index (χ1v) is 10.3. The minimum atomic E-state index is 0.492. The Morgan fingerprint density at radius 1 is 0.708 bits per heavy atom. The van der Waals surface area contributed by atoms with Gasteiger partial charge in [-0.2, -0.15) is 0 Å². The molecule has 2 aliphatic heterocycles. The summed E-state index contributed by atoms with van der Waals surface area (Å²) in [6.45, 7) is 28.6. The summed E-state index contributed by atoms with van der Waals surface area (Å²) < 4.78 is 0. The van der Waals surface area contributed by atoms with Crippen LogP contribution in [0.15, 0.2) is 0 Å². The van der Waals surface area contributed by atoms with E-state index in [1.807, 2.05) is 0 Å². The van der Waals surface area contributed by atoms with E-state index >= 15 is 0 Å². The molecule has 144 valence electrons. The molecule has 0 aromatic heterocycles. The van der Waals surface area contributed by atoms with Crippen LogP contribution >= 0.6 is 0 Å². The van der Waals surface area contributed by atoms with Crippen LogP contribution < -0.4 is 0 Å². The zero-order valence-electron chi connectivity index (χ0n) is 18.4. The van der Waals surface area contributed by atoms with Crippen LogP contribution in [0.2, 0.25) is 0 Å². The Labute approximate surface area is 153 Å². The molecule has 2 fully saturated rings. The zero-order chi connectivity index (χ0) is 18.7. The largest absolute Gasteiger partial charge is 0.300 e. The summed E-state index contributed by atoms with van der Waals surface area (Å²) in [5, 5.41) is 0. The van der Waals surface area contributed by atoms with E-state index in [2.05, 4.69) is 79.0 Å². The lowest BCUT2D eigenvalue weighted by Crippen LogP contribution is -2.50. The van der Waals surface area contributed by atoms with Gasteiger partial charge >= 0.3 is 0 Å². The Morgan fingerprint density at radius 3 is 1.42 bits per heavy atom. The van der Waals surface area contributed by atoms with Gasteiger partial charge in [-0.05, 0) is 63.2 Å². The molecule has 2 heteroatoms. The maximum absolute atomic E-state index is 2.61. The summed E-state index contributed by atoms with van der Waals surface area (Å²) in [5.74, 6) is 1.81. The highest BCUT2D eigenvalue weighted by atomic mass is 15.2. The summed E-state index contributed by atoms with van der Waals surface area (Å²) in [7, 11) is 0. The van der Waals surface area contributed by atoms with Crippen molar-refractivity contribution in [3.8, 4) is 0 Å². The second-order valence-electron chi connectivity index (χ2n) is 11.0. The summed E-state index contributed by atoms with van der Waals surface area (Å²) in [6, 6.07) is 1.43. The van der Waals surface area contributed by atoms with Gasteiger partial charge in [0, 0.05) is 38.3 Å². The summed E-state index contributed by atoms with van der Waals surface area (Å²) in [4.78, 5) is 5.21. The van der Waals surface area contributed by atoms with Crippen LogP contribution in [0.1, 0.15) is 82.1 Å². The average molecular weight is 339 g/mol. The average Bonchev–Trinajstić information content (AvgIpc) is 2.34. The quantitative estimate of drug-likeness (QED) is 0.653. The van der Waals surface area contributed by atoms with Gasteiger partial charge in [-0.1, -0.05) is 41.5 Å². The summed E-state index contributed by atoms with van der Waals surface area (Å²) >= 11 is 0. The van der Waals surface area contributed by atoms with Crippen LogP contribution in [0.4, 0.5) is 0 Å². The van der Waals surface area contributed by atoms with Gasteiger partial charge in [-0.3, -0.25) is 4.90 Å². The van der Waals surface area contributed by atoms with Crippen molar-refractivity contribution in [3.05, 3.63) is 0 Å². The number of hydrogen-bond acceptors (Lipinski definition) is 2. The van der Waals surface area contributed by atoms with Gasteiger partial charge in [-0.15, -0.1) is 0 Å². The highest BCUT2D eigenvalue weighted by molar-refractivity contribution is 4.90. The number of nitrogens with zero attached hydrogens (tertiary/aromatic N) is 2. The van der Waals surface area contributed by atoms with E-state index in [-0.39, 0.29) is 0 Å². The van der Waals surface area contributed by atoms with E-state index < -0.39 is 0 Å². The van der Waals surface area contributed by atoms with E-state index in [1.54, 1.807) is 0 Å². The second kappa shape index (κ2) is 8.54. The topological polar surface area (TPSA) is 6.48 Å². The van der Waals surface area contributed by atoms with Gasteiger partial charge in [0.2, 0.25) is 0 Å². The third kappa shape index (κ3) is 7.44. The Balaban J connectivity index is 0.000000243. The normalized spacial score (nSPS) is 31.0. The first-order valence-electron chi connectivity index (χ1n) is 10.3. The maximum Gasteiger partial charge on any atom is 0.00390 e. The van der Waals surface area contributed by atoms with Gasteiger partial charge in [0.05, 0.1) is 0 Å². The van der Waals surface area contributed by atoms with Crippen molar-refractivity contribution >= 4 is 0 Å². The highest BCUT2D eigenvalue weighted by Gasteiger charge is 2.37. The van der Waals surface area contributed by atoms with E-state index in [0.29, 0.717) is 16.9 Å². The minimum absolute atomic E-state index is 0.492. The fourth-order valence-corrected chi connectivity index (χ4v) is 5.06. The molecule has 2 rings (SSSR count). The highest BCUT2D eigenvalue weighted by Crippen LogP contribution is 2.40. The van der Waals surface area contributed by atoms with Crippen molar-refractivity contribution in [1.82, 2.24) is 9.80 Å². The SMILES string of the molecule is CC(C)N1CC(C)(C)CC(C)(C)C1.CC1CC(C)CN(C(C)C)C1. The lowest BCUT2D eigenvalue weighted by Gasteiger charge is -2.48. The lowest BCUT2D eigenvalue weighted by atomic mass is 9.71. The minimum Gasteiger partial charge on any atom is -0.300 e. The Bertz CT molecular complexity index is 344. The van der Waals surface area contributed by atoms with Gasteiger partial charge in [0.1, 0.15) is 0 Å². The van der Waals surface area contributed by atoms with Crippen LogP contribution in [0, 0.1) is 22.7 Å². The van der Waals surface area contributed by atoms with Crippen molar-refractivity contribution in [3.63, 3.8) is 0 Å². The van der Waals surface area contributed by atoms with Crippen molar-refractivity contribution in [2.75, 3.05) is 26.2 Å². The number of hydrogen-bond donors (Lipinski definition) is 0. The summed E-state index contributed by atoms with van der Waals surface area (Å²) in [6.07, 6.45) is 2.77. The predicted molar refractivity (Wildman–Crippen MR) is 109 cm³/mol. The zero-order valence-corrected chi connectivity index (χ0v) is 18.4. The standard InChI is InChI=1S/C12H25N.C10H21N/c1-10(2)13-8-11(3,4)7-12(5,6)9-13;1-8(2)11-6-9(3)5-10(4)7-11/h10H,7-9H2,1-6H3;8-10H,5-7H2,1-4H3. The molecular weight excluding hydrogens is 292 g/mol. The maximum atomic E-state index is 2.61. The lowest BCUT2D eigenvalue weighted by molar-refractivity contribution is 0.00992. The van der Waals surface area contributed by atoms with E-state index in [9.17, 15) is 0 Å². The Kier molecular flexibility index (Phi) is 7.81. The van der Waals surface area contributed by atoms with Crippen LogP contribution in [0.3, 0.4) is 0 Å². The van der Waals surface area contributed by atoms with Gasteiger partial charge in [-0.25, -0.2) is 0 Å². The molecule has 0 aromatic carbocycles. The third-order valence-electron chi connectivity index (χ3n) is 5.58. The van der Waals surface area contributed by atoms with Crippen molar-refractivity contribution < 1.29 is 0 Å². The molecule has 0 amide bonds. The molecule has 2 heterocycles. The molecule has 2 nitrogen and oxygen atoms in total. The van der Waals surface area contributed by atoms with Crippen LogP contribution in [-0.4, -0.2) is 48.1 Å². The summed E-state index contributed by atoms with van der Waals surface area (Å²) in [5.41, 5.74) is 0.984.